The molecule has 1 heterocycles. The summed E-state index contributed by atoms with van der Waals surface area (Å²) < 4.78 is 5.40. The number of benzene rings is 1. The van der Waals surface area contributed by atoms with Gasteiger partial charge in [-0.3, -0.25) is 4.79 Å². The van der Waals surface area contributed by atoms with Crippen molar-refractivity contribution in [3.05, 3.63) is 54.3 Å². The summed E-state index contributed by atoms with van der Waals surface area (Å²) in [6.45, 7) is 9.30. The van der Waals surface area contributed by atoms with Gasteiger partial charge in [-0.25, -0.2) is 9.69 Å². The van der Waals surface area contributed by atoms with Crippen LogP contribution in [0.1, 0.15) is 26.3 Å². The van der Waals surface area contributed by atoms with E-state index in [1.54, 1.807) is 39.0 Å². The van der Waals surface area contributed by atoms with Crippen molar-refractivity contribution in [3.63, 3.8) is 0 Å². The van der Waals surface area contributed by atoms with Gasteiger partial charge < -0.3 is 14.7 Å². The highest BCUT2D eigenvalue weighted by Crippen LogP contribution is 2.32. The van der Waals surface area contributed by atoms with Gasteiger partial charge in [0.05, 0.1) is 6.61 Å². The van der Waals surface area contributed by atoms with Crippen LogP contribution < -0.4 is 4.74 Å². The van der Waals surface area contributed by atoms with Crippen LogP contribution in [0.4, 0.5) is 4.79 Å². The molecule has 0 atom stereocenters. The van der Waals surface area contributed by atoms with Crippen LogP contribution in [-0.4, -0.2) is 45.6 Å². The predicted octanol–water partition coefficient (Wildman–Crippen LogP) is 2.69. The smallest absolute Gasteiger partial charge is 0.332 e. The van der Waals surface area contributed by atoms with E-state index in [-0.39, 0.29) is 31.7 Å². The maximum absolute atomic E-state index is 12.8. The van der Waals surface area contributed by atoms with E-state index in [0.29, 0.717) is 11.4 Å². The van der Waals surface area contributed by atoms with E-state index >= 15 is 0 Å². The third kappa shape index (κ3) is 3.58. The van der Waals surface area contributed by atoms with Crippen molar-refractivity contribution < 1.29 is 19.4 Å². The number of hydrogen-bond acceptors (Lipinski definition) is 4. The van der Waals surface area contributed by atoms with Crippen molar-refractivity contribution in [2.75, 3.05) is 13.2 Å². The van der Waals surface area contributed by atoms with Gasteiger partial charge in [0.1, 0.15) is 17.9 Å². The molecule has 0 bridgehead atoms. The Morgan fingerprint density at radius 1 is 1.36 bits per heavy atom. The first-order chi connectivity index (χ1) is 11.9. The second kappa shape index (κ2) is 7.53. The van der Waals surface area contributed by atoms with Crippen LogP contribution >= 0.6 is 0 Å². The second-order valence-corrected chi connectivity index (χ2v) is 6.21. The molecule has 1 fully saturated rings. The van der Waals surface area contributed by atoms with E-state index in [9.17, 15) is 9.59 Å². The number of carbonyl (C=O) groups excluding carboxylic acids is 2. The van der Waals surface area contributed by atoms with Crippen LogP contribution in [0, 0.1) is 0 Å². The standard InChI is InChI=1S/C19H24N2O4/c1-5-15(6-2)21-17(23)19(3,4)20(18(21)24)13-14-8-7-9-16(12-14)25-11-10-22/h5-9,12,22H,1,10-11,13H2,2-4H3/b15-6+. The number of rotatable bonds is 7. The van der Waals surface area contributed by atoms with Crippen LogP contribution in [0.3, 0.4) is 0 Å². The first-order valence-corrected chi connectivity index (χ1v) is 8.14. The molecule has 1 N–H and O–H groups in total. The van der Waals surface area contributed by atoms with Gasteiger partial charge >= 0.3 is 6.03 Å². The van der Waals surface area contributed by atoms with Crippen molar-refractivity contribution in [2.45, 2.75) is 32.9 Å². The SMILES string of the molecule is C=C/C(=C\C)N1C(=O)N(Cc2cccc(OCCO)c2)C(C)(C)C1=O. The molecule has 1 aliphatic rings. The predicted molar refractivity (Wildman–Crippen MR) is 94.8 cm³/mol. The summed E-state index contributed by atoms with van der Waals surface area (Å²) in [5.74, 6) is 0.331. The van der Waals surface area contributed by atoms with Crippen LogP contribution in [0.15, 0.2) is 48.7 Å². The normalized spacial score (nSPS) is 17.2. The Morgan fingerprint density at radius 2 is 2.08 bits per heavy atom. The van der Waals surface area contributed by atoms with E-state index in [2.05, 4.69) is 6.58 Å². The Hall–Kier alpha value is -2.60. The Kier molecular flexibility index (Phi) is 5.64. The lowest BCUT2D eigenvalue weighted by Crippen LogP contribution is -2.43. The number of aliphatic hydroxyl groups excluding tert-OH is 1. The fourth-order valence-electron chi connectivity index (χ4n) is 2.75. The number of hydrogen-bond donors (Lipinski definition) is 1. The minimum Gasteiger partial charge on any atom is -0.491 e. The molecule has 1 aromatic carbocycles. The van der Waals surface area contributed by atoms with Gasteiger partial charge in [-0.1, -0.05) is 24.8 Å². The van der Waals surface area contributed by atoms with Gasteiger partial charge in [0.25, 0.3) is 5.91 Å². The summed E-state index contributed by atoms with van der Waals surface area (Å²) >= 11 is 0. The summed E-state index contributed by atoms with van der Waals surface area (Å²) in [7, 11) is 0. The van der Waals surface area contributed by atoms with Gasteiger partial charge in [0, 0.05) is 12.2 Å². The highest BCUT2D eigenvalue weighted by Gasteiger charge is 2.51. The number of amides is 3. The van der Waals surface area contributed by atoms with Crippen LogP contribution in [0.25, 0.3) is 0 Å². The molecule has 1 aromatic rings. The van der Waals surface area contributed by atoms with Crippen LogP contribution in [0.5, 0.6) is 5.75 Å². The third-order valence-corrected chi connectivity index (χ3v) is 4.19. The first kappa shape index (κ1) is 18.7. The van der Waals surface area contributed by atoms with Crippen molar-refractivity contribution in [2.24, 2.45) is 0 Å². The Balaban J connectivity index is 2.28. The Morgan fingerprint density at radius 3 is 2.68 bits per heavy atom. The van der Waals surface area contributed by atoms with Gasteiger partial charge in [0.2, 0.25) is 0 Å². The van der Waals surface area contributed by atoms with Crippen LogP contribution in [0.2, 0.25) is 0 Å². The first-order valence-electron chi connectivity index (χ1n) is 8.14. The summed E-state index contributed by atoms with van der Waals surface area (Å²) in [5.41, 5.74) is 0.355. The average molecular weight is 344 g/mol. The number of urea groups is 1. The summed E-state index contributed by atoms with van der Waals surface area (Å²) in [5, 5.41) is 8.85. The van der Waals surface area contributed by atoms with Crippen molar-refractivity contribution in [1.82, 2.24) is 9.80 Å². The molecular weight excluding hydrogens is 320 g/mol. The van der Waals surface area contributed by atoms with Crippen molar-refractivity contribution >= 4 is 11.9 Å². The minimum atomic E-state index is -0.962. The fraction of sp³-hybridized carbons (Fsp3) is 0.368. The lowest BCUT2D eigenvalue weighted by molar-refractivity contribution is -0.130. The minimum absolute atomic E-state index is 0.0704. The number of allylic oxidation sites excluding steroid dienone is 2. The lowest BCUT2D eigenvalue weighted by Gasteiger charge is -2.27. The number of carbonyl (C=O) groups is 2. The maximum atomic E-state index is 12.8. The molecule has 2 rings (SSSR count). The quantitative estimate of drug-likeness (QED) is 0.610. The molecule has 6 nitrogen and oxygen atoms in total. The van der Waals surface area contributed by atoms with Crippen molar-refractivity contribution in [3.8, 4) is 5.75 Å². The van der Waals surface area contributed by atoms with E-state index in [1.165, 1.54) is 15.9 Å². The zero-order valence-corrected chi connectivity index (χ0v) is 14.9. The summed E-state index contributed by atoms with van der Waals surface area (Å²) in [6.07, 6.45) is 3.18. The molecule has 3 amide bonds. The topological polar surface area (TPSA) is 70.1 Å². The molecular formula is C19H24N2O4. The number of aliphatic hydroxyl groups is 1. The van der Waals surface area contributed by atoms with Gasteiger partial charge in [-0.15, -0.1) is 0 Å². The molecule has 0 aromatic heterocycles. The Labute approximate surface area is 148 Å². The Bertz CT molecular complexity index is 709. The maximum Gasteiger partial charge on any atom is 0.332 e. The number of imide groups is 1. The van der Waals surface area contributed by atoms with E-state index < -0.39 is 5.54 Å². The fourth-order valence-corrected chi connectivity index (χ4v) is 2.75. The molecule has 0 saturated carbocycles. The van der Waals surface area contributed by atoms with Gasteiger partial charge in [-0.2, -0.15) is 0 Å². The molecule has 1 aliphatic heterocycles. The largest absolute Gasteiger partial charge is 0.491 e. The zero-order valence-electron chi connectivity index (χ0n) is 14.9. The molecule has 0 aliphatic carbocycles. The zero-order chi connectivity index (χ0) is 18.6. The second-order valence-electron chi connectivity index (χ2n) is 6.21. The molecule has 6 heteroatoms. The molecule has 25 heavy (non-hydrogen) atoms. The molecule has 134 valence electrons. The molecule has 0 unspecified atom stereocenters. The van der Waals surface area contributed by atoms with Gasteiger partial charge in [-0.05, 0) is 44.5 Å². The molecule has 0 radical (unpaired) electrons. The number of nitrogens with zero attached hydrogens (tertiary/aromatic N) is 2. The monoisotopic (exact) mass is 344 g/mol. The lowest BCUT2D eigenvalue weighted by atomic mass is 10.0. The number of ether oxygens (including phenoxy) is 1. The van der Waals surface area contributed by atoms with Crippen molar-refractivity contribution in [1.29, 1.82) is 0 Å². The average Bonchev–Trinajstić information content (AvgIpc) is 2.76. The van der Waals surface area contributed by atoms with Gasteiger partial charge in [0.15, 0.2) is 0 Å². The summed E-state index contributed by atoms with van der Waals surface area (Å²) in [4.78, 5) is 28.3. The van der Waals surface area contributed by atoms with E-state index in [4.69, 9.17) is 9.84 Å². The third-order valence-electron chi connectivity index (χ3n) is 4.19. The highest BCUT2D eigenvalue weighted by molar-refractivity contribution is 6.08. The highest BCUT2D eigenvalue weighted by atomic mass is 16.5. The van der Waals surface area contributed by atoms with E-state index in [1.807, 2.05) is 12.1 Å². The van der Waals surface area contributed by atoms with Crippen LogP contribution in [-0.2, 0) is 11.3 Å². The summed E-state index contributed by atoms with van der Waals surface area (Å²) in [6, 6.07) is 6.90. The molecule has 0 spiro atoms. The van der Waals surface area contributed by atoms with E-state index in [0.717, 1.165) is 5.56 Å². The molecule has 1 saturated heterocycles.